The van der Waals surface area contributed by atoms with Crippen LogP contribution in [-0.2, 0) is 0 Å². The van der Waals surface area contributed by atoms with Crippen molar-refractivity contribution < 1.29 is 4.79 Å². The maximum atomic E-state index is 12.1. The largest absolute Gasteiger partial charge is 0.338 e. The van der Waals surface area contributed by atoms with Crippen molar-refractivity contribution >= 4 is 18.5 Å². The quantitative estimate of drug-likeness (QED) is 0.813. The molecular weight excluding hydrogens is 220 g/mol. The smallest absolute Gasteiger partial charge is 0.255 e. The van der Waals surface area contributed by atoms with Gasteiger partial charge in [-0.05, 0) is 19.1 Å². The van der Waals surface area contributed by atoms with Crippen LogP contribution in [0.25, 0.3) is 0 Å². The second-order valence-corrected chi connectivity index (χ2v) is 3.79. The Kier molecular flexibility index (Phi) is 4.87. The number of carbonyl (C=O) groups excluding carboxylic acids is 1. The molecule has 84 valence electrons. The molecule has 0 radical (unpaired) electrons. The topological polar surface area (TPSA) is 44.1 Å². The second kappa shape index (κ2) is 6.19. The van der Waals surface area contributed by atoms with E-state index in [9.17, 15) is 4.79 Å². The molecular formula is C12H14N2OS. The maximum absolute atomic E-state index is 12.1. The highest BCUT2D eigenvalue weighted by atomic mass is 32.1. The van der Waals surface area contributed by atoms with Gasteiger partial charge in [0.05, 0.1) is 18.1 Å². The highest BCUT2D eigenvalue weighted by Gasteiger charge is 2.15. The molecule has 0 spiro atoms. The standard InChI is InChI=1S/C12H14N2OS/c1-2-14(9-5-8-13)12(15)10-6-3-4-7-11(10)16/h3-4,6-7,16H,2,5,9H2,1H3. The molecule has 0 aliphatic carbocycles. The number of rotatable bonds is 4. The zero-order valence-corrected chi connectivity index (χ0v) is 10.1. The molecule has 0 saturated carbocycles. The van der Waals surface area contributed by atoms with Crippen LogP contribution in [0.3, 0.4) is 0 Å². The molecule has 0 fully saturated rings. The van der Waals surface area contributed by atoms with Crippen LogP contribution in [0.5, 0.6) is 0 Å². The molecule has 1 amide bonds. The molecule has 0 N–H and O–H groups in total. The van der Waals surface area contributed by atoms with Crippen molar-refractivity contribution in [2.45, 2.75) is 18.2 Å². The summed E-state index contributed by atoms with van der Waals surface area (Å²) in [5.41, 5.74) is 0.589. The fraction of sp³-hybridized carbons (Fsp3) is 0.333. The van der Waals surface area contributed by atoms with E-state index in [4.69, 9.17) is 5.26 Å². The Morgan fingerprint density at radius 1 is 1.50 bits per heavy atom. The lowest BCUT2D eigenvalue weighted by Gasteiger charge is -2.20. The fourth-order valence-electron chi connectivity index (χ4n) is 1.41. The van der Waals surface area contributed by atoms with Crippen molar-refractivity contribution in [2.24, 2.45) is 0 Å². The molecule has 16 heavy (non-hydrogen) atoms. The SMILES string of the molecule is CCN(CCC#N)C(=O)c1ccccc1S. The first kappa shape index (κ1) is 12.6. The first-order valence-electron chi connectivity index (χ1n) is 5.15. The number of nitriles is 1. The van der Waals surface area contributed by atoms with Crippen LogP contribution in [0.15, 0.2) is 29.2 Å². The maximum Gasteiger partial charge on any atom is 0.255 e. The molecule has 1 aromatic rings. The van der Waals surface area contributed by atoms with Gasteiger partial charge in [0.1, 0.15) is 0 Å². The lowest BCUT2D eigenvalue weighted by molar-refractivity contribution is 0.0764. The summed E-state index contributed by atoms with van der Waals surface area (Å²) < 4.78 is 0. The number of hydrogen-bond donors (Lipinski definition) is 1. The lowest BCUT2D eigenvalue weighted by atomic mass is 10.2. The third-order valence-corrected chi connectivity index (χ3v) is 2.69. The summed E-state index contributed by atoms with van der Waals surface area (Å²) in [4.78, 5) is 14.4. The first-order chi connectivity index (χ1) is 7.70. The van der Waals surface area contributed by atoms with Crippen LogP contribution < -0.4 is 0 Å². The average Bonchev–Trinajstić information content (AvgIpc) is 2.30. The van der Waals surface area contributed by atoms with E-state index in [1.807, 2.05) is 25.1 Å². The van der Waals surface area contributed by atoms with Crippen molar-refractivity contribution in [3.8, 4) is 6.07 Å². The summed E-state index contributed by atoms with van der Waals surface area (Å²) in [6.07, 6.45) is 0.355. The average molecular weight is 234 g/mol. The Labute approximate surface area is 101 Å². The van der Waals surface area contributed by atoms with Gasteiger partial charge in [-0.1, -0.05) is 12.1 Å². The summed E-state index contributed by atoms with van der Waals surface area (Å²) in [5.74, 6) is -0.0663. The lowest BCUT2D eigenvalue weighted by Crippen LogP contribution is -2.31. The number of hydrogen-bond acceptors (Lipinski definition) is 3. The summed E-state index contributed by atoms with van der Waals surface area (Å²) in [7, 11) is 0. The van der Waals surface area contributed by atoms with Crippen LogP contribution in [0.2, 0.25) is 0 Å². The predicted octanol–water partition coefficient (Wildman–Crippen LogP) is 2.35. The normalized spacial score (nSPS) is 9.56. The molecule has 0 aliphatic heterocycles. The van der Waals surface area contributed by atoms with E-state index in [2.05, 4.69) is 12.6 Å². The zero-order valence-electron chi connectivity index (χ0n) is 9.18. The van der Waals surface area contributed by atoms with Crippen molar-refractivity contribution in [3.05, 3.63) is 29.8 Å². The molecule has 0 bridgehead atoms. The zero-order chi connectivity index (χ0) is 12.0. The van der Waals surface area contributed by atoms with Gasteiger partial charge < -0.3 is 4.90 Å². The Hall–Kier alpha value is -1.47. The molecule has 0 aromatic heterocycles. The summed E-state index contributed by atoms with van der Waals surface area (Å²) in [6.45, 7) is 2.97. The third kappa shape index (κ3) is 3.01. The fourth-order valence-corrected chi connectivity index (χ4v) is 1.67. The predicted molar refractivity (Wildman–Crippen MR) is 65.5 cm³/mol. The van der Waals surface area contributed by atoms with Gasteiger partial charge in [0.2, 0.25) is 0 Å². The first-order valence-corrected chi connectivity index (χ1v) is 5.59. The van der Waals surface area contributed by atoms with Crippen LogP contribution >= 0.6 is 12.6 Å². The second-order valence-electron chi connectivity index (χ2n) is 3.31. The molecule has 3 nitrogen and oxygen atoms in total. The molecule has 0 unspecified atom stereocenters. The molecule has 1 aromatic carbocycles. The highest BCUT2D eigenvalue weighted by Crippen LogP contribution is 2.15. The van der Waals surface area contributed by atoms with Gasteiger partial charge in [0.15, 0.2) is 0 Å². The summed E-state index contributed by atoms with van der Waals surface area (Å²) >= 11 is 4.25. The van der Waals surface area contributed by atoms with Gasteiger partial charge in [-0.2, -0.15) is 5.26 Å². The molecule has 0 aliphatic rings. The molecule has 0 atom stereocenters. The van der Waals surface area contributed by atoms with Crippen LogP contribution in [0, 0.1) is 11.3 Å². The molecule has 1 rings (SSSR count). The number of nitrogens with zero attached hydrogens (tertiary/aromatic N) is 2. The van der Waals surface area contributed by atoms with Gasteiger partial charge in [-0.25, -0.2) is 0 Å². The number of thiol groups is 1. The molecule has 0 heterocycles. The van der Waals surface area contributed by atoms with E-state index in [1.54, 1.807) is 17.0 Å². The van der Waals surface area contributed by atoms with E-state index < -0.39 is 0 Å². The Bertz CT molecular complexity index is 412. The minimum atomic E-state index is -0.0663. The van der Waals surface area contributed by atoms with Crippen LogP contribution in [-0.4, -0.2) is 23.9 Å². The van der Waals surface area contributed by atoms with E-state index in [1.165, 1.54) is 0 Å². The van der Waals surface area contributed by atoms with E-state index in [0.717, 1.165) is 0 Å². The van der Waals surface area contributed by atoms with Gasteiger partial charge in [-0.3, -0.25) is 4.79 Å². The number of carbonyl (C=O) groups is 1. The monoisotopic (exact) mass is 234 g/mol. The van der Waals surface area contributed by atoms with Crippen LogP contribution in [0.1, 0.15) is 23.7 Å². The van der Waals surface area contributed by atoms with Crippen molar-refractivity contribution in [2.75, 3.05) is 13.1 Å². The Morgan fingerprint density at radius 3 is 2.75 bits per heavy atom. The molecule has 4 heteroatoms. The Morgan fingerprint density at radius 2 is 2.19 bits per heavy atom. The third-order valence-electron chi connectivity index (χ3n) is 2.30. The summed E-state index contributed by atoms with van der Waals surface area (Å²) in [5, 5.41) is 8.51. The summed E-state index contributed by atoms with van der Waals surface area (Å²) in [6, 6.07) is 9.22. The van der Waals surface area contributed by atoms with Crippen molar-refractivity contribution in [3.63, 3.8) is 0 Å². The number of benzene rings is 1. The van der Waals surface area contributed by atoms with Crippen LogP contribution in [0.4, 0.5) is 0 Å². The van der Waals surface area contributed by atoms with E-state index in [-0.39, 0.29) is 5.91 Å². The highest BCUT2D eigenvalue weighted by molar-refractivity contribution is 7.80. The van der Waals surface area contributed by atoms with Crippen molar-refractivity contribution in [1.82, 2.24) is 4.90 Å². The van der Waals surface area contributed by atoms with Gasteiger partial charge in [-0.15, -0.1) is 12.6 Å². The van der Waals surface area contributed by atoms with Gasteiger partial charge in [0, 0.05) is 18.0 Å². The van der Waals surface area contributed by atoms with E-state index >= 15 is 0 Å². The minimum Gasteiger partial charge on any atom is -0.338 e. The van der Waals surface area contributed by atoms with E-state index in [0.29, 0.717) is 30.0 Å². The number of amides is 1. The molecule has 0 saturated heterocycles. The Balaban J connectivity index is 2.84. The van der Waals surface area contributed by atoms with Gasteiger partial charge >= 0.3 is 0 Å². The van der Waals surface area contributed by atoms with Gasteiger partial charge in [0.25, 0.3) is 5.91 Å². The minimum absolute atomic E-state index is 0.0663. The van der Waals surface area contributed by atoms with Crippen molar-refractivity contribution in [1.29, 1.82) is 5.26 Å².